The van der Waals surface area contributed by atoms with E-state index in [1.54, 1.807) is 10.6 Å². The normalized spacial score (nSPS) is 14.8. The summed E-state index contributed by atoms with van der Waals surface area (Å²) in [6, 6.07) is 18.7. The molecule has 8 heteroatoms. The molecule has 2 aromatic carbocycles. The average molecular weight is 442 g/mol. The molecular formula is C22H32BF4N2P. The van der Waals surface area contributed by atoms with Crippen LogP contribution in [0.5, 0.6) is 0 Å². The largest absolute Gasteiger partial charge is 0.673 e. The molecule has 0 unspecified atom stereocenters. The second-order valence-electron chi connectivity index (χ2n) is 8.13. The van der Waals surface area contributed by atoms with Crippen LogP contribution in [-0.4, -0.2) is 41.1 Å². The molecule has 0 bridgehead atoms. The van der Waals surface area contributed by atoms with E-state index >= 15 is 0 Å². The Kier molecular flexibility index (Phi) is 9.02. The van der Waals surface area contributed by atoms with Gasteiger partial charge in [-0.05, 0) is 74.2 Å². The molecule has 0 heterocycles. The third kappa shape index (κ3) is 7.83. The number of rotatable bonds is 5. The van der Waals surface area contributed by atoms with Crippen molar-refractivity contribution < 1.29 is 17.3 Å². The molecule has 1 fully saturated rings. The van der Waals surface area contributed by atoms with E-state index in [0.717, 1.165) is 5.66 Å². The van der Waals surface area contributed by atoms with Gasteiger partial charge in [0, 0.05) is 39.6 Å². The summed E-state index contributed by atoms with van der Waals surface area (Å²) in [7, 11) is 1.73. The second kappa shape index (κ2) is 11.0. The van der Waals surface area contributed by atoms with Crippen LogP contribution in [0.2, 0.25) is 0 Å². The highest BCUT2D eigenvalue weighted by molar-refractivity contribution is 7.73. The molecule has 0 aliphatic heterocycles. The lowest BCUT2D eigenvalue weighted by Crippen LogP contribution is -2.24. The van der Waals surface area contributed by atoms with Crippen molar-refractivity contribution in [2.24, 2.45) is 0 Å². The molecule has 3 rings (SSSR count). The lowest BCUT2D eigenvalue weighted by atomic mass is 10.0. The van der Waals surface area contributed by atoms with Gasteiger partial charge in [0.2, 0.25) is 0 Å². The summed E-state index contributed by atoms with van der Waals surface area (Å²) in [4.78, 5) is 4.37. The predicted octanol–water partition coefficient (Wildman–Crippen LogP) is 5.62. The van der Waals surface area contributed by atoms with Gasteiger partial charge in [0.05, 0.1) is 24.2 Å². The van der Waals surface area contributed by atoms with Gasteiger partial charge in [-0.2, -0.15) is 0 Å². The van der Waals surface area contributed by atoms with Gasteiger partial charge in [-0.25, -0.2) is 0 Å². The highest BCUT2D eigenvalue weighted by Crippen LogP contribution is 2.46. The molecule has 0 spiro atoms. The maximum absolute atomic E-state index is 9.75. The molecule has 0 saturated heterocycles. The number of hydrogen-bond acceptors (Lipinski definition) is 2. The molecule has 0 atom stereocenters. The molecule has 0 N–H and O–H groups in total. The average Bonchev–Trinajstić information content (AvgIpc) is 2.68. The molecule has 2 aromatic rings. The Labute approximate surface area is 179 Å². The van der Waals surface area contributed by atoms with Crippen LogP contribution >= 0.6 is 7.92 Å². The van der Waals surface area contributed by atoms with Gasteiger partial charge < -0.3 is 27.1 Å². The zero-order valence-electron chi connectivity index (χ0n) is 18.2. The Balaban J connectivity index is 0.000000575. The summed E-state index contributed by atoms with van der Waals surface area (Å²) in [5.41, 5.74) is 3.45. The number of halogens is 4. The zero-order valence-corrected chi connectivity index (χ0v) is 19.2. The van der Waals surface area contributed by atoms with Gasteiger partial charge in [0.1, 0.15) is 0 Å². The summed E-state index contributed by atoms with van der Waals surface area (Å²) in [6.07, 6.45) is 7.04. The first-order chi connectivity index (χ1) is 14.1. The van der Waals surface area contributed by atoms with Crippen LogP contribution in [0.25, 0.3) is 0 Å². The van der Waals surface area contributed by atoms with Crippen LogP contribution < -0.4 is 20.4 Å². The summed E-state index contributed by atoms with van der Waals surface area (Å²) in [5, 5.41) is 3.14. The van der Waals surface area contributed by atoms with Crippen LogP contribution in [0.4, 0.5) is 28.6 Å². The van der Waals surface area contributed by atoms with Gasteiger partial charge in [-0.3, -0.25) is 0 Å². The topological polar surface area (TPSA) is 6.48 Å². The first-order valence-corrected chi connectivity index (χ1v) is 11.9. The summed E-state index contributed by atoms with van der Waals surface area (Å²) in [5.74, 6) is 0. The standard InChI is InChI=1S/C22H31N2P.BF4/c1-23(2)18-10-14-21(15-11-18)25(20-8-6-5-7-9-20)22-16-12-19(13-17-22)24(3)4;2-1(3,4)5/h10-17,20H,5-9H2,1-4H3;/q;-1/p+1. The lowest BCUT2D eigenvalue weighted by Gasteiger charge is -2.25. The summed E-state index contributed by atoms with van der Waals surface area (Å²) >= 11 is 0. The van der Waals surface area contributed by atoms with Crippen LogP contribution in [0.15, 0.2) is 48.5 Å². The molecule has 1 saturated carbocycles. The van der Waals surface area contributed by atoms with Crippen LogP contribution in [-0.2, 0) is 0 Å². The maximum Gasteiger partial charge on any atom is 0.673 e. The second-order valence-corrected chi connectivity index (χ2v) is 10.9. The van der Waals surface area contributed by atoms with Gasteiger partial charge in [0.25, 0.3) is 0 Å². The fourth-order valence-electron chi connectivity index (χ4n) is 3.91. The molecule has 1 aliphatic carbocycles. The minimum Gasteiger partial charge on any atom is -0.418 e. The van der Waals surface area contributed by atoms with Crippen molar-refractivity contribution in [3.63, 3.8) is 0 Å². The van der Waals surface area contributed by atoms with Crippen molar-refractivity contribution in [3.8, 4) is 0 Å². The first kappa shape index (κ1) is 24.5. The Morgan fingerprint density at radius 2 is 1.00 bits per heavy atom. The van der Waals surface area contributed by atoms with Gasteiger partial charge in [-0.1, -0.05) is 6.42 Å². The highest BCUT2D eigenvalue weighted by Gasteiger charge is 2.33. The van der Waals surface area contributed by atoms with E-state index in [2.05, 4.69) is 86.5 Å². The fourth-order valence-corrected chi connectivity index (χ4v) is 7.22. The quantitative estimate of drug-likeness (QED) is 0.337. The number of nitrogens with zero attached hydrogens (tertiary/aromatic N) is 2. The minimum atomic E-state index is -6.00. The molecule has 0 radical (unpaired) electrons. The number of benzene rings is 2. The van der Waals surface area contributed by atoms with Crippen molar-refractivity contribution in [1.82, 2.24) is 0 Å². The third-order valence-corrected chi connectivity index (χ3v) is 8.71. The first-order valence-electron chi connectivity index (χ1n) is 10.4. The molecule has 0 aromatic heterocycles. The van der Waals surface area contributed by atoms with Crippen molar-refractivity contribution in [2.45, 2.75) is 37.8 Å². The third-order valence-electron chi connectivity index (χ3n) is 5.40. The van der Waals surface area contributed by atoms with E-state index in [0.29, 0.717) is 0 Å². The smallest absolute Gasteiger partial charge is 0.418 e. The predicted molar refractivity (Wildman–Crippen MR) is 126 cm³/mol. The van der Waals surface area contributed by atoms with Crippen LogP contribution in [0, 0.1) is 0 Å². The van der Waals surface area contributed by atoms with E-state index in [9.17, 15) is 17.3 Å². The summed E-state index contributed by atoms with van der Waals surface area (Å²) < 4.78 is 39.0. The molecule has 30 heavy (non-hydrogen) atoms. The lowest BCUT2D eigenvalue weighted by molar-refractivity contribution is 0.368. The van der Waals surface area contributed by atoms with E-state index in [1.807, 2.05) is 0 Å². The molecular weight excluding hydrogens is 410 g/mol. The van der Waals surface area contributed by atoms with E-state index in [-0.39, 0.29) is 0 Å². The van der Waals surface area contributed by atoms with E-state index in [1.165, 1.54) is 43.5 Å². The van der Waals surface area contributed by atoms with Crippen LogP contribution in [0.3, 0.4) is 0 Å². The Hall–Kier alpha value is -1.75. The Bertz CT molecular complexity index is 701. The maximum atomic E-state index is 9.75. The van der Waals surface area contributed by atoms with Crippen molar-refractivity contribution >= 4 is 37.2 Å². The van der Waals surface area contributed by atoms with Crippen molar-refractivity contribution in [2.75, 3.05) is 38.0 Å². The zero-order chi connectivity index (χ0) is 22.3. The number of anilines is 2. The van der Waals surface area contributed by atoms with E-state index < -0.39 is 15.2 Å². The van der Waals surface area contributed by atoms with Crippen LogP contribution in [0.1, 0.15) is 32.1 Å². The molecule has 1 aliphatic rings. The monoisotopic (exact) mass is 442 g/mol. The minimum absolute atomic E-state index is 0.721. The number of hydrogen-bond donors (Lipinski definition) is 0. The SMILES string of the molecule is CN(C)c1ccc([PH+](c2ccc(N(C)C)cc2)C2CCCCC2)cc1.F[B-](F)(F)F. The van der Waals surface area contributed by atoms with Crippen molar-refractivity contribution in [1.29, 1.82) is 0 Å². The Morgan fingerprint density at radius 3 is 1.30 bits per heavy atom. The Morgan fingerprint density at radius 1 is 0.667 bits per heavy atom. The van der Waals surface area contributed by atoms with Crippen molar-refractivity contribution in [3.05, 3.63) is 48.5 Å². The van der Waals surface area contributed by atoms with E-state index in [4.69, 9.17) is 0 Å². The van der Waals surface area contributed by atoms with Gasteiger partial charge >= 0.3 is 7.25 Å². The molecule has 0 amide bonds. The van der Waals surface area contributed by atoms with Gasteiger partial charge in [-0.15, -0.1) is 0 Å². The molecule has 2 nitrogen and oxygen atoms in total. The fraction of sp³-hybridized carbons (Fsp3) is 0.455. The highest BCUT2D eigenvalue weighted by atomic mass is 31.1. The summed E-state index contributed by atoms with van der Waals surface area (Å²) in [6.45, 7) is 0. The van der Waals surface area contributed by atoms with Gasteiger partial charge in [0.15, 0.2) is 0 Å². The molecule has 166 valence electrons.